The first-order chi connectivity index (χ1) is 12.5. The molecule has 0 aromatic heterocycles. The van der Waals surface area contributed by atoms with Crippen LogP contribution in [0.2, 0.25) is 5.02 Å². The highest BCUT2D eigenvalue weighted by Crippen LogP contribution is 2.24. The van der Waals surface area contributed by atoms with Gasteiger partial charge in [0.25, 0.3) is 5.91 Å². The summed E-state index contributed by atoms with van der Waals surface area (Å²) in [5.74, 6) is -1.05. The second-order valence-electron chi connectivity index (χ2n) is 5.52. The molecule has 3 rings (SSSR count). The molecule has 26 heavy (non-hydrogen) atoms. The lowest BCUT2D eigenvalue weighted by atomic mass is 10.1. The Kier molecular flexibility index (Phi) is 5.91. The fourth-order valence-corrected chi connectivity index (χ4v) is 3.22. The van der Waals surface area contributed by atoms with Crippen LogP contribution in [0.15, 0.2) is 71.6 Å². The van der Waals surface area contributed by atoms with E-state index < -0.39 is 17.5 Å². The Morgan fingerprint density at radius 1 is 0.962 bits per heavy atom. The first-order valence-electron chi connectivity index (χ1n) is 7.75. The Bertz CT molecular complexity index is 914. The highest BCUT2D eigenvalue weighted by atomic mass is 35.5. The minimum atomic E-state index is -0.685. The van der Waals surface area contributed by atoms with Gasteiger partial charge in [0.05, 0.1) is 5.69 Å². The maximum atomic E-state index is 13.6. The van der Waals surface area contributed by atoms with Gasteiger partial charge < -0.3 is 5.32 Å². The van der Waals surface area contributed by atoms with Crippen LogP contribution >= 0.6 is 23.4 Å². The lowest BCUT2D eigenvalue weighted by Gasteiger charge is -2.08. The van der Waals surface area contributed by atoms with Gasteiger partial charge in [-0.3, -0.25) is 4.79 Å². The van der Waals surface area contributed by atoms with Crippen LogP contribution in [0.25, 0.3) is 0 Å². The Labute approximate surface area is 159 Å². The molecule has 3 aromatic rings. The summed E-state index contributed by atoms with van der Waals surface area (Å²) in [7, 11) is 0. The largest absolute Gasteiger partial charge is 0.319 e. The van der Waals surface area contributed by atoms with Crippen molar-refractivity contribution in [3.8, 4) is 0 Å². The van der Waals surface area contributed by atoms with Crippen LogP contribution in [0, 0.1) is 11.6 Å². The topological polar surface area (TPSA) is 29.1 Å². The van der Waals surface area contributed by atoms with Crippen molar-refractivity contribution in [2.75, 3.05) is 5.32 Å². The van der Waals surface area contributed by atoms with Crippen molar-refractivity contribution < 1.29 is 13.6 Å². The zero-order valence-electron chi connectivity index (χ0n) is 13.5. The van der Waals surface area contributed by atoms with E-state index in [2.05, 4.69) is 5.32 Å². The Morgan fingerprint density at radius 3 is 2.35 bits per heavy atom. The van der Waals surface area contributed by atoms with Crippen molar-refractivity contribution in [2.24, 2.45) is 0 Å². The molecule has 0 radical (unpaired) electrons. The Hall–Kier alpha value is -2.37. The maximum absolute atomic E-state index is 13.6. The quantitative estimate of drug-likeness (QED) is 0.529. The maximum Gasteiger partial charge on any atom is 0.255 e. The minimum absolute atomic E-state index is 0.183. The molecule has 0 saturated heterocycles. The summed E-state index contributed by atoms with van der Waals surface area (Å²) in [6.07, 6.45) is 0. The fourth-order valence-electron chi connectivity index (χ4n) is 2.24. The molecule has 3 aromatic carbocycles. The Balaban J connectivity index is 1.62. The van der Waals surface area contributed by atoms with Gasteiger partial charge in [0.1, 0.15) is 11.6 Å². The Morgan fingerprint density at radius 2 is 1.65 bits per heavy atom. The number of hydrogen-bond donors (Lipinski definition) is 1. The molecule has 0 bridgehead atoms. The van der Waals surface area contributed by atoms with E-state index in [1.807, 2.05) is 36.4 Å². The molecule has 0 aliphatic heterocycles. The molecule has 1 amide bonds. The summed E-state index contributed by atoms with van der Waals surface area (Å²) in [6, 6.07) is 17.5. The standard InChI is InChI=1S/C20H14ClF2NOS/c21-15-5-8-17(9-6-15)26-12-13-1-3-14(4-2-13)20(25)24-19-11-16(22)7-10-18(19)23/h1-11H,12H2,(H,24,25). The van der Waals surface area contributed by atoms with E-state index in [9.17, 15) is 13.6 Å². The number of halogens is 3. The lowest BCUT2D eigenvalue weighted by Crippen LogP contribution is -2.13. The smallest absolute Gasteiger partial charge is 0.255 e. The highest BCUT2D eigenvalue weighted by Gasteiger charge is 2.10. The van der Waals surface area contributed by atoms with E-state index in [-0.39, 0.29) is 5.69 Å². The molecule has 0 aliphatic carbocycles. The first kappa shape index (κ1) is 18.4. The number of nitrogens with one attached hydrogen (secondary N) is 1. The van der Waals surface area contributed by atoms with Gasteiger partial charge in [-0.15, -0.1) is 11.8 Å². The van der Waals surface area contributed by atoms with Gasteiger partial charge in [-0.2, -0.15) is 0 Å². The van der Waals surface area contributed by atoms with Crippen molar-refractivity contribution >= 4 is 35.0 Å². The normalized spacial score (nSPS) is 10.6. The van der Waals surface area contributed by atoms with Gasteiger partial charge in [0.15, 0.2) is 0 Å². The molecule has 6 heteroatoms. The van der Waals surface area contributed by atoms with E-state index in [1.54, 1.807) is 23.9 Å². The monoisotopic (exact) mass is 389 g/mol. The summed E-state index contributed by atoms with van der Waals surface area (Å²) in [5.41, 5.74) is 1.23. The highest BCUT2D eigenvalue weighted by molar-refractivity contribution is 7.98. The third-order valence-electron chi connectivity index (χ3n) is 3.61. The third-order valence-corrected chi connectivity index (χ3v) is 4.95. The van der Waals surface area contributed by atoms with E-state index in [4.69, 9.17) is 11.6 Å². The summed E-state index contributed by atoms with van der Waals surface area (Å²) < 4.78 is 26.8. The number of amides is 1. The van der Waals surface area contributed by atoms with Crippen LogP contribution in [0.3, 0.4) is 0 Å². The molecule has 2 nitrogen and oxygen atoms in total. The summed E-state index contributed by atoms with van der Waals surface area (Å²) in [5, 5.41) is 3.07. The van der Waals surface area contributed by atoms with Crippen LogP contribution in [-0.4, -0.2) is 5.91 Å². The average molecular weight is 390 g/mol. The van der Waals surface area contributed by atoms with Crippen molar-refractivity contribution in [1.29, 1.82) is 0 Å². The van der Waals surface area contributed by atoms with Crippen molar-refractivity contribution in [3.05, 3.63) is 94.5 Å². The van der Waals surface area contributed by atoms with Gasteiger partial charge in [0.2, 0.25) is 0 Å². The third kappa shape index (κ3) is 4.84. The number of carbonyl (C=O) groups excluding carboxylic acids is 1. The molecular weight excluding hydrogens is 376 g/mol. The van der Waals surface area contributed by atoms with Crippen molar-refractivity contribution in [3.63, 3.8) is 0 Å². The van der Waals surface area contributed by atoms with Gasteiger partial charge >= 0.3 is 0 Å². The molecule has 0 saturated carbocycles. The lowest BCUT2D eigenvalue weighted by molar-refractivity contribution is 0.102. The van der Waals surface area contributed by atoms with Crippen LogP contribution in [0.4, 0.5) is 14.5 Å². The molecule has 0 fully saturated rings. The average Bonchev–Trinajstić information content (AvgIpc) is 2.64. The number of benzene rings is 3. The molecular formula is C20H14ClF2NOS. The van der Waals surface area contributed by atoms with Gasteiger partial charge in [-0.1, -0.05) is 23.7 Å². The van der Waals surface area contributed by atoms with Crippen LogP contribution in [-0.2, 0) is 5.75 Å². The molecule has 0 spiro atoms. The zero-order valence-corrected chi connectivity index (χ0v) is 15.1. The predicted octanol–water partition coefficient (Wildman–Crippen LogP) is 6.16. The first-order valence-corrected chi connectivity index (χ1v) is 9.11. The molecule has 0 aliphatic rings. The van der Waals surface area contributed by atoms with E-state index in [0.29, 0.717) is 10.6 Å². The van der Waals surface area contributed by atoms with Gasteiger partial charge in [-0.05, 0) is 54.1 Å². The molecule has 0 unspecified atom stereocenters. The number of thioether (sulfide) groups is 1. The van der Waals surface area contributed by atoms with Crippen molar-refractivity contribution in [2.45, 2.75) is 10.6 Å². The number of carbonyl (C=O) groups is 1. The predicted molar refractivity (Wildman–Crippen MR) is 102 cm³/mol. The van der Waals surface area contributed by atoms with Crippen LogP contribution in [0.1, 0.15) is 15.9 Å². The van der Waals surface area contributed by atoms with E-state index in [1.165, 1.54) is 0 Å². The van der Waals surface area contributed by atoms with E-state index >= 15 is 0 Å². The molecule has 0 heterocycles. The molecule has 1 N–H and O–H groups in total. The number of hydrogen-bond acceptors (Lipinski definition) is 2. The summed E-state index contributed by atoms with van der Waals surface area (Å²) in [6.45, 7) is 0. The molecule has 0 atom stereocenters. The van der Waals surface area contributed by atoms with Crippen molar-refractivity contribution in [1.82, 2.24) is 0 Å². The van der Waals surface area contributed by atoms with Gasteiger partial charge in [0, 0.05) is 27.3 Å². The second-order valence-corrected chi connectivity index (χ2v) is 7.00. The second kappa shape index (κ2) is 8.34. The van der Waals surface area contributed by atoms with Crippen LogP contribution in [0.5, 0.6) is 0 Å². The van der Waals surface area contributed by atoms with Crippen LogP contribution < -0.4 is 5.32 Å². The zero-order chi connectivity index (χ0) is 18.5. The number of anilines is 1. The fraction of sp³-hybridized carbons (Fsp3) is 0.0500. The number of rotatable bonds is 5. The molecule has 132 valence electrons. The minimum Gasteiger partial charge on any atom is -0.319 e. The SMILES string of the molecule is O=C(Nc1cc(F)ccc1F)c1ccc(CSc2ccc(Cl)cc2)cc1. The van der Waals surface area contributed by atoms with E-state index in [0.717, 1.165) is 34.4 Å². The van der Waals surface area contributed by atoms with Gasteiger partial charge in [-0.25, -0.2) is 8.78 Å². The summed E-state index contributed by atoms with van der Waals surface area (Å²) in [4.78, 5) is 13.3. The summed E-state index contributed by atoms with van der Waals surface area (Å²) >= 11 is 7.51.